The second-order valence-electron chi connectivity index (χ2n) is 6.06. The standard InChI is InChI=1S/C21H15Cl2N3OS/c22-15-11-16(23)13-19(12-15)28-25-18-6-7-20-14(10-18)8-9-26(20)21(27)24-17-4-2-1-3-5-17/h1-13,25H,(H,24,27). The highest BCUT2D eigenvalue weighted by molar-refractivity contribution is 8.00. The van der Waals surface area contributed by atoms with Crippen LogP contribution in [0, 0.1) is 0 Å². The van der Waals surface area contributed by atoms with Crippen molar-refractivity contribution in [1.82, 2.24) is 4.57 Å². The van der Waals surface area contributed by atoms with Gasteiger partial charge in [-0.25, -0.2) is 4.79 Å². The number of anilines is 2. The molecular weight excluding hydrogens is 413 g/mol. The van der Waals surface area contributed by atoms with Crippen molar-refractivity contribution in [2.45, 2.75) is 4.90 Å². The Morgan fingerprint density at radius 3 is 2.36 bits per heavy atom. The number of hydrogen-bond acceptors (Lipinski definition) is 3. The second kappa shape index (κ2) is 8.19. The number of nitrogens with one attached hydrogen (secondary N) is 2. The van der Waals surface area contributed by atoms with Crippen LogP contribution < -0.4 is 10.0 Å². The van der Waals surface area contributed by atoms with E-state index < -0.39 is 0 Å². The number of aromatic nitrogens is 1. The molecule has 0 spiro atoms. The predicted octanol–water partition coefficient (Wildman–Crippen LogP) is 7.15. The maximum atomic E-state index is 12.6. The molecular formula is C21H15Cl2N3OS. The zero-order valence-corrected chi connectivity index (χ0v) is 16.9. The Bertz CT molecular complexity index is 1120. The van der Waals surface area contributed by atoms with E-state index in [1.54, 1.807) is 16.8 Å². The first-order valence-electron chi connectivity index (χ1n) is 8.45. The van der Waals surface area contributed by atoms with Gasteiger partial charge < -0.3 is 10.0 Å². The van der Waals surface area contributed by atoms with Crippen molar-refractivity contribution < 1.29 is 4.79 Å². The lowest BCUT2D eigenvalue weighted by molar-refractivity contribution is 0.254. The fraction of sp³-hybridized carbons (Fsp3) is 0. The Morgan fingerprint density at radius 2 is 1.61 bits per heavy atom. The summed E-state index contributed by atoms with van der Waals surface area (Å²) in [5, 5.41) is 5.03. The van der Waals surface area contributed by atoms with E-state index in [1.165, 1.54) is 11.9 Å². The van der Waals surface area contributed by atoms with Crippen LogP contribution in [0.1, 0.15) is 0 Å². The van der Waals surface area contributed by atoms with Gasteiger partial charge in [0, 0.05) is 37.9 Å². The van der Waals surface area contributed by atoms with Crippen molar-refractivity contribution in [2.24, 2.45) is 0 Å². The molecule has 0 radical (unpaired) electrons. The molecule has 7 heteroatoms. The molecule has 4 nitrogen and oxygen atoms in total. The highest BCUT2D eigenvalue weighted by Gasteiger charge is 2.10. The van der Waals surface area contributed by atoms with Crippen LogP contribution in [0.3, 0.4) is 0 Å². The average Bonchev–Trinajstić information content (AvgIpc) is 3.10. The van der Waals surface area contributed by atoms with E-state index in [2.05, 4.69) is 10.0 Å². The van der Waals surface area contributed by atoms with E-state index in [-0.39, 0.29) is 6.03 Å². The van der Waals surface area contributed by atoms with Gasteiger partial charge in [-0.3, -0.25) is 4.57 Å². The first-order chi connectivity index (χ1) is 13.6. The van der Waals surface area contributed by atoms with Crippen LogP contribution in [-0.2, 0) is 0 Å². The number of benzene rings is 3. The number of rotatable bonds is 4. The minimum absolute atomic E-state index is 0.204. The summed E-state index contributed by atoms with van der Waals surface area (Å²) in [4.78, 5) is 13.5. The maximum absolute atomic E-state index is 12.6. The zero-order chi connectivity index (χ0) is 19.5. The van der Waals surface area contributed by atoms with E-state index in [0.717, 1.165) is 27.2 Å². The third-order valence-corrected chi connectivity index (χ3v) is 5.30. The number of nitrogens with zero attached hydrogens (tertiary/aromatic N) is 1. The summed E-state index contributed by atoms with van der Waals surface area (Å²) in [5.41, 5.74) is 2.49. The molecule has 4 rings (SSSR count). The lowest BCUT2D eigenvalue weighted by Gasteiger charge is -2.09. The van der Waals surface area contributed by atoms with Gasteiger partial charge in [0.25, 0.3) is 0 Å². The molecule has 0 aliphatic heterocycles. The number of halogens is 2. The molecule has 140 valence electrons. The molecule has 3 aromatic carbocycles. The summed E-state index contributed by atoms with van der Waals surface area (Å²) in [6.45, 7) is 0. The third-order valence-electron chi connectivity index (χ3n) is 4.06. The molecule has 0 atom stereocenters. The van der Waals surface area contributed by atoms with Gasteiger partial charge in [-0.05, 0) is 66.5 Å². The molecule has 1 aromatic heterocycles. The van der Waals surface area contributed by atoms with E-state index in [0.29, 0.717) is 10.0 Å². The molecule has 0 fully saturated rings. The topological polar surface area (TPSA) is 46.1 Å². The number of carbonyl (C=O) groups is 1. The Kier molecular flexibility index (Phi) is 5.48. The minimum atomic E-state index is -0.204. The summed E-state index contributed by atoms with van der Waals surface area (Å²) in [5.74, 6) is 0. The Morgan fingerprint density at radius 1 is 0.857 bits per heavy atom. The Hall–Kier alpha value is -2.60. The van der Waals surface area contributed by atoms with E-state index in [9.17, 15) is 4.79 Å². The van der Waals surface area contributed by atoms with Gasteiger partial charge in [-0.2, -0.15) is 0 Å². The molecule has 0 aliphatic carbocycles. The van der Waals surface area contributed by atoms with Crippen LogP contribution in [0.15, 0.2) is 83.9 Å². The number of hydrogen-bond donors (Lipinski definition) is 2. The highest BCUT2D eigenvalue weighted by atomic mass is 35.5. The first kappa shape index (κ1) is 18.7. The van der Waals surface area contributed by atoms with Crippen molar-refractivity contribution in [2.75, 3.05) is 10.0 Å². The van der Waals surface area contributed by atoms with Gasteiger partial charge in [0.05, 0.1) is 5.52 Å². The normalized spacial score (nSPS) is 10.8. The summed E-state index contributed by atoms with van der Waals surface area (Å²) in [6.07, 6.45) is 1.76. The fourth-order valence-electron chi connectivity index (χ4n) is 2.79. The monoisotopic (exact) mass is 427 g/mol. The van der Waals surface area contributed by atoms with Crippen LogP contribution in [0.4, 0.5) is 16.2 Å². The predicted molar refractivity (Wildman–Crippen MR) is 119 cm³/mol. The van der Waals surface area contributed by atoms with Crippen molar-refractivity contribution in [3.8, 4) is 0 Å². The van der Waals surface area contributed by atoms with Crippen LogP contribution in [0.25, 0.3) is 10.9 Å². The van der Waals surface area contributed by atoms with Crippen LogP contribution >= 0.6 is 35.1 Å². The zero-order valence-electron chi connectivity index (χ0n) is 14.5. The molecule has 0 saturated carbocycles. The van der Waals surface area contributed by atoms with E-state index >= 15 is 0 Å². The van der Waals surface area contributed by atoms with E-state index in [4.69, 9.17) is 23.2 Å². The number of amides is 1. The van der Waals surface area contributed by atoms with Crippen molar-refractivity contribution in [3.63, 3.8) is 0 Å². The SMILES string of the molecule is O=C(Nc1ccccc1)n1ccc2cc(NSc3cc(Cl)cc(Cl)c3)ccc21. The molecule has 4 aromatic rings. The largest absolute Gasteiger partial charge is 0.330 e. The van der Waals surface area contributed by atoms with Gasteiger partial charge in [-0.15, -0.1) is 0 Å². The molecule has 28 heavy (non-hydrogen) atoms. The maximum Gasteiger partial charge on any atom is 0.330 e. The number of carbonyl (C=O) groups excluding carboxylic acids is 1. The van der Waals surface area contributed by atoms with Crippen LogP contribution in [-0.4, -0.2) is 10.6 Å². The lowest BCUT2D eigenvalue weighted by atomic mass is 10.2. The second-order valence-corrected chi connectivity index (χ2v) is 7.82. The van der Waals surface area contributed by atoms with Crippen LogP contribution in [0.5, 0.6) is 0 Å². The van der Waals surface area contributed by atoms with Crippen molar-refractivity contribution in [3.05, 3.63) is 89.0 Å². The van der Waals surface area contributed by atoms with Crippen LogP contribution in [0.2, 0.25) is 10.0 Å². The summed E-state index contributed by atoms with van der Waals surface area (Å²) in [7, 11) is 0. The van der Waals surface area contributed by atoms with Gasteiger partial charge >= 0.3 is 6.03 Å². The quantitative estimate of drug-likeness (QED) is 0.340. The van der Waals surface area contributed by atoms with Gasteiger partial charge in [0.2, 0.25) is 0 Å². The van der Waals surface area contributed by atoms with Gasteiger partial charge in [0.1, 0.15) is 0 Å². The summed E-state index contributed by atoms with van der Waals surface area (Å²) in [6, 6.07) is 22.3. The van der Waals surface area contributed by atoms with Crippen molar-refractivity contribution >= 4 is 63.5 Å². The smallest absolute Gasteiger partial charge is 0.326 e. The fourth-order valence-corrected chi connectivity index (χ4v) is 4.18. The molecule has 0 bridgehead atoms. The number of para-hydroxylation sites is 1. The van der Waals surface area contributed by atoms with Crippen molar-refractivity contribution in [1.29, 1.82) is 0 Å². The Balaban J connectivity index is 1.50. The third kappa shape index (κ3) is 4.28. The number of fused-ring (bicyclic) bond motifs is 1. The molecule has 2 N–H and O–H groups in total. The molecule has 0 unspecified atom stereocenters. The molecule has 1 heterocycles. The van der Waals surface area contributed by atoms with E-state index in [1.807, 2.05) is 66.7 Å². The minimum Gasteiger partial charge on any atom is -0.326 e. The highest BCUT2D eigenvalue weighted by Crippen LogP contribution is 2.29. The molecule has 0 saturated heterocycles. The average molecular weight is 428 g/mol. The van der Waals surface area contributed by atoms with Gasteiger partial charge in [-0.1, -0.05) is 41.4 Å². The lowest BCUT2D eigenvalue weighted by Crippen LogP contribution is -2.18. The molecule has 1 amide bonds. The summed E-state index contributed by atoms with van der Waals surface area (Å²) < 4.78 is 4.87. The Labute approximate surface area is 176 Å². The van der Waals surface area contributed by atoms with Gasteiger partial charge in [0.15, 0.2) is 0 Å². The first-order valence-corrected chi connectivity index (χ1v) is 10.0. The molecule has 0 aliphatic rings. The summed E-state index contributed by atoms with van der Waals surface area (Å²) >= 11 is 13.5.